The van der Waals surface area contributed by atoms with Gasteiger partial charge in [0.15, 0.2) is 0 Å². The molecule has 24 heavy (non-hydrogen) atoms. The number of fused-ring (bicyclic) bond motifs is 2. The van der Waals surface area contributed by atoms with Gasteiger partial charge in [-0.3, -0.25) is 0 Å². The summed E-state index contributed by atoms with van der Waals surface area (Å²) in [6, 6.07) is 17.8. The second kappa shape index (κ2) is 6.26. The largest absolute Gasteiger partial charge is 0.204 e. The SMILES string of the molecule is C1=C[SH+]C(=c2c3ccccc3c(=C3SC=C[SH+]3)c3ccccc23)S1. The van der Waals surface area contributed by atoms with Crippen LogP contribution in [0.25, 0.3) is 30.0 Å². The summed E-state index contributed by atoms with van der Waals surface area (Å²) in [5, 5.41) is 17.2. The van der Waals surface area contributed by atoms with Crippen LogP contribution < -0.4 is 10.4 Å². The van der Waals surface area contributed by atoms with Crippen molar-refractivity contribution < 1.29 is 0 Å². The number of thioether (sulfide) groups is 2. The second-order valence-corrected chi connectivity index (χ2v) is 9.96. The van der Waals surface area contributed by atoms with E-state index in [1.54, 1.807) is 0 Å². The molecule has 0 saturated heterocycles. The van der Waals surface area contributed by atoms with E-state index in [2.05, 4.69) is 70.2 Å². The molecule has 0 saturated carbocycles. The van der Waals surface area contributed by atoms with Crippen molar-refractivity contribution in [3.63, 3.8) is 0 Å². The summed E-state index contributed by atoms with van der Waals surface area (Å²) in [6.07, 6.45) is 0. The third-order valence-electron chi connectivity index (χ3n) is 4.22. The normalized spacial score (nSPS) is 16.8. The van der Waals surface area contributed by atoms with Crippen LogP contribution in [0.4, 0.5) is 0 Å². The molecule has 0 unspecified atom stereocenters. The molecule has 3 aromatic carbocycles. The molecule has 0 amide bonds. The van der Waals surface area contributed by atoms with Crippen LogP contribution in [0.2, 0.25) is 0 Å². The van der Waals surface area contributed by atoms with E-state index < -0.39 is 0 Å². The van der Waals surface area contributed by atoms with Crippen LogP contribution in [0.15, 0.2) is 70.2 Å². The van der Waals surface area contributed by atoms with Crippen LogP contribution in [0.1, 0.15) is 0 Å². The van der Waals surface area contributed by atoms with E-state index in [1.807, 2.05) is 23.5 Å². The Morgan fingerprint density at radius 1 is 0.542 bits per heavy atom. The first-order valence-corrected chi connectivity index (χ1v) is 11.4. The van der Waals surface area contributed by atoms with Gasteiger partial charge in [-0.2, -0.15) is 0 Å². The van der Waals surface area contributed by atoms with Gasteiger partial charge in [0.05, 0.1) is 10.4 Å². The predicted octanol–water partition coefficient (Wildman–Crippen LogP) is 4.19. The molecule has 0 radical (unpaired) electrons. The molecule has 4 heteroatoms. The molecule has 0 aliphatic carbocycles. The molecular weight excluding hydrogens is 368 g/mol. The van der Waals surface area contributed by atoms with Crippen LogP contribution in [-0.2, 0) is 23.5 Å². The lowest BCUT2D eigenvalue weighted by molar-refractivity contribution is 1.69. The maximum Gasteiger partial charge on any atom is 0.204 e. The molecule has 2 aliphatic rings. The summed E-state index contributed by atoms with van der Waals surface area (Å²) in [6.45, 7) is 0. The van der Waals surface area contributed by atoms with Gasteiger partial charge in [-0.25, -0.2) is 0 Å². The van der Waals surface area contributed by atoms with E-state index in [4.69, 9.17) is 0 Å². The van der Waals surface area contributed by atoms with Crippen LogP contribution >= 0.6 is 23.5 Å². The first-order chi connectivity index (χ1) is 11.9. The molecule has 2 aliphatic heterocycles. The molecular formula is C20H14S4+2. The lowest BCUT2D eigenvalue weighted by atomic mass is 9.99. The van der Waals surface area contributed by atoms with Crippen molar-refractivity contribution in [1.29, 1.82) is 0 Å². The van der Waals surface area contributed by atoms with E-state index in [0.29, 0.717) is 0 Å². The van der Waals surface area contributed by atoms with Gasteiger partial charge >= 0.3 is 0 Å². The molecule has 0 spiro atoms. The van der Waals surface area contributed by atoms with E-state index in [9.17, 15) is 0 Å². The van der Waals surface area contributed by atoms with Gasteiger partial charge < -0.3 is 0 Å². The van der Waals surface area contributed by atoms with Crippen molar-refractivity contribution in [3.8, 4) is 0 Å². The highest BCUT2D eigenvalue weighted by molar-refractivity contribution is 8.27. The summed E-state index contributed by atoms with van der Waals surface area (Å²) in [7, 11) is 0. The molecule has 0 nitrogen and oxygen atoms in total. The Hall–Kier alpha value is -1.20. The minimum atomic E-state index is 1.31. The minimum Gasteiger partial charge on any atom is -0.0616 e. The second-order valence-electron chi connectivity index (χ2n) is 5.52. The van der Waals surface area contributed by atoms with Crippen LogP contribution in [0.5, 0.6) is 0 Å². The van der Waals surface area contributed by atoms with Crippen LogP contribution in [0, 0.1) is 0 Å². The summed E-state index contributed by atoms with van der Waals surface area (Å²) < 4.78 is 2.88. The number of rotatable bonds is 0. The highest BCUT2D eigenvalue weighted by Crippen LogP contribution is 2.31. The monoisotopic (exact) mass is 382 g/mol. The summed E-state index contributed by atoms with van der Waals surface area (Å²) in [5.41, 5.74) is 0. The average molecular weight is 383 g/mol. The van der Waals surface area contributed by atoms with Crippen molar-refractivity contribution in [2.24, 2.45) is 0 Å². The smallest absolute Gasteiger partial charge is 0.0616 e. The van der Waals surface area contributed by atoms with Crippen LogP contribution in [0.3, 0.4) is 0 Å². The fourth-order valence-electron chi connectivity index (χ4n) is 3.28. The number of hydrogen-bond donors (Lipinski definition) is 0. The Balaban J connectivity index is 2.11. The number of benzene rings is 3. The van der Waals surface area contributed by atoms with Gasteiger partial charge in [0.1, 0.15) is 10.8 Å². The van der Waals surface area contributed by atoms with Crippen LogP contribution in [-0.4, -0.2) is 0 Å². The van der Waals surface area contributed by atoms with Crippen molar-refractivity contribution in [1.82, 2.24) is 0 Å². The van der Waals surface area contributed by atoms with E-state index in [-0.39, 0.29) is 0 Å². The van der Waals surface area contributed by atoms with Gasteiger partial charge in [-0.1, -0.05) is 48.5 Å². The average Bonchev–Trinajstić information content (AvgIpc) is 3.33. The maximum atomic E-state index is 2.28. The molecule has 3 aromatic rings. The van der Waals surface area contributed by atoms with Crippen molar-refractivity contribution in [2.45, 2.75) is 0 Å². The fraction of sp³-hybridized carbons (Fsp3) is 0. The quantitative estimate of drug-likeness (QED) is 0.325. The first kappa shape index (κ1) is 15.1. The molecule has 2 heterocycles. The summed E-state index contributed by atoms with van der Waals surface area (Å²) in [4.78, 5) is 0. The summed E-state index contributed by atoms with van der Waals surface area (Å²) in [5.74, 6) is 0. The zero-order valence-electron chi connectivity index (χ0n) is 12.6. The Bertz CT molecular complexity index is 980. The van der Waals surface area contributed by atoms with Gasteiger partial charge in [-0.15, -0.1) is 0 Å². The molecule has 116 valence electrons. The van der Waals surface area contributed by atoms with Gasteiger partial charge in [0.25, 0.3) is 0 Å². The Morgan fingerprint density at radius 3 is 1.21 bits per heavy atom. The van der Waals surface area contributed by atoms with Crippen molar-refractivity contribution in [2.75, 3.05) is 0 Å². The molecule has 0 fully saturated rings. The first-order valence-electron chi connectivity index (χ1n) is 7.66. The Morgan fingerprint density at radius 2 is 0.917 bits per heavy atom. The third-order valence-corrected chi connectivity index (χ3v) is 8.80. The van der Waals surface area contributed by atoms with Gasteiger partial charge in [0.2, 0.25) is 8.47 Å². The summed E-state index contributed by atoms with van der Waals surface area (Å²) >= 11 is 6.34. The van der Waals surface area contributed by atoms with Crippen molar-refractivity contribution >= 4 is 77.1 Å². The standard InChI is InChI=1S/C20H12S4/c1-2-6-14-13(5-1)17(19-21-9-10-22-19)15-7-3-4-8-16(15)18(14)20-23-11-12-24-20/h1-12H/p+2. The number of thiol groups is 2. The Labute approximate surface area is 157 Å². The Kier molecular flexibility index (Phi) is 3.94. The lowest BCUT2D eigenvalue weighted by Crippen LogP contribution is -2.17. The highest BCUT2D eigenvalue weighted by atomic mass is 32.2. The molecule has 0 aromatic heterocycles. The van der Waals surface area contributed by atoms with E-state index >= 15 is 0 Å². The van der Waals surface area contributed by atoms with Crippen molar-refractivity contribution in [3.05, 3.63) is 80.6 Å². The number of hydrogen-bond acceptors (Lipinski definition) is 2. The van der Waals surface area contributed by atoms with Gasteiger partial charge in [0, 0.05) is 34.3 Å². The highest BCUT2D eigenvalue weighted by Gasteiger charge is 2.20. The van der Waals surface area contributed by atoms with Gasteiger partial charge in [-0.05, 0) is 45.1 Å². The molecule has 0 bridgehead atoms. The topological polar surface area (TPSA) is 0 Å². The van der Waals surface area contributed by atoms with E-state index in [1.165, 1.54) is 64.0 Å². The minimum absolute atomic E-state index is 1.31. The predicted molar refractivity (Wildman–Crippen MR) is 119 cm³/mol. The molecule has 0 atom stereocenters. The zero-order chi connectivity index (χ0) is 15.9. The third kappa shape index (κ3) is 2.36. The van der Waals surface area contributed by atoms with E-state index in [0.717, 1.165) is 0 Å². The molecule has 0 N–H and O–H groups in total. The lowest BCUT2D eigenvalue weighted by Gasteiger charge is -2.07. The fourth-order valence-corrected chi connectivity index (χ4v) is 7.42. The zero-order valence-corrected chi connectivity index (χ0v) is 16.1. The molecule has 5 rings (SSSR count). The maximum absolute atomic E-state index is 2.28.